The molecule has 0 aliphatic heterocycles. The highest BCUT2D eigenvalue weighted by Crippen LogP contribution is 2.17. The number of hydrogen-bond acceptors (Lipinski definition) is 3. The first-order chi connectivity index (χ1) is 7.17. The van der Waals surface area contributed by atoms with Gasteiger partial charge in [-0.1, -0.05) is 19.1 Å². The van der Waals surface area contributed by atoms with E-state index in [4.69, 9.17) is 5.11 Å². The molecule has 1 aromatic carbocycles. The molecule has 3 N–H and O–H groups in total. The van der Waals surface area contributed by atoms with Crippen LogP contribution in [0.5, 0.6) is 5.75 Å². The summed E-state index contributed by atoms with van der Waals surface area (Å²) in [6.07, 6.45) is 1.02. The van der Waals surface area contributed by atoms with E-state index in [1.807, 2.05) is 12.1 Å². The van der Waals surface area contributed by atoms with Gasteiger partial charge < -0.3 is 15.5 Å². The fourth-order valence-corrected chi connectivity index (χ4v) is 1.42. The molecule has 0 bridgehead atoms. The molecule has 0 aliphatic carbocycles. The van der Waals surface area contributed by atoms with Crippen molar-refractivity contribution in [2.24, 2.45) is 0 Å². The van der Waals surface area contributed by atoms with Crippen LogP contribution in [0.4, 0.5) is 0 Å². The summed E-state index contributed by atoms with van der Waals surface area (Å²) in [5, 5.41) is 21.7. The molecule has 0 amide bonds. The summed E-state index contributed by atoms with van der Waals surface area (Å²) in [5.41, 5.74) is 0.996. The molecule has 0 saturated heterocycles. The molecule has 15 heavy (non-hydrogen) atoms. The third-order valence-corrected chi connectivity index (χ3v) is 2.58. The minimum atomic E-state index is -0.0550. The van der Waals surface area contributed by atoms with Gasteiger partial charge in [0.1, 0.15) is 5.75 Å². The molecule has 2 atom stereocenters. The van der Waals surface area contributed by atoms with Crippen molar-refractivity contribution in [3.05, 3.63) is 29.8 Å². The number of phenols is 1. The number of aliphatic hydroxyl groups excluding tert-OH is 1. The van der Waals surface area contributed by atoms with Crippen LogP contribution in [0, 0.1) is 0 Å². The molecular weight excluding hydrogens is 190 g/mol. The first-order valence-electron chi connectivity index (χ1n) is 5.33. The average molecular weight is 209 g/mol. The number of aromatic hydroxyl groups is 1. The van der Waals surface area contributed by atoms with Crippen molar-refractivity contribution in [3.63, 3.8) is 0 Å². The SMILES string of the molecule is CCC(C)NC(CO)c1ccc(O)cc1. The quantitative estimate of drug-likeness (QED) is 0.693. The van der Waals surface area contributed by atoms with Crippen LogP contribution in [-0.2, 0) is 0 Å². The molecule has 0 aromatic heterocycles. The molecule has 0 radical (unpaired) electrons. The van der Waals surface area contributed by atoms with Gasteiger partial charge in [-0.05, 0) is 31.0 Å². The summed E-state index contributed by atoms with van der Waals surface area (Å²) >= 11 is 0. The smallest absolute Gasteiger partial charge is 0.115 e. The Kier molecular flexibility index (Phi) is 4.59. The van der Waals surface area contributed by atoms with Crippen molar-refractivity contribution in [3.8, 4) is 5.75 Å². The highest BCUT2D eigenvalue weighted by Gasteiger charge is 2.11. The maximum absolute atomic E-state index is 9.27. The van der Waals surface area contributed by atoms with Crippen molar-refractivity contribution < 1.29 is 10.2 Å². The average Bonchev–Trinajstić information content (AvgIpc) is 2.27. The summed E-state index contributed by atoms with van der Waals surface area (Å²) < 4.78 is 0. The van der Waals surface area contributed by atoms with Gasteiger partial charge in [0.05, 0.1) is 12.6 Å². The maximum Gasteiger partial charge on any atom is 0.115 e. The molecular formula is C12H19NO2. The lowest BCUT2D eigenvalue weighted by atomic mass is 10.1. The standard InChI is InChI=1S/C12H19NO2/c1-3-9(2)13-12(8-14)10-4-6-11(15)7-5-10/h4-7,9,12-15H,3,8H2,1-2H3. The van der Waals surface area contributed by atoms with Crippen LogP contribution >= 0.6 is 0 Å². The number of aliphatic hydroxyl groups is 1. The van der Waals surface area contributed by atoms with E-state index in [1.165, 1.54) is 0 Å². The second-order valence-electron chi connectivity index (χ2n) is 3.80. The second kappa shape index (κ2) is 5.73. The van der Waals surface area contributed by atoms with Crippen molar-refractivity contribution in [2.75, 3.05) is 6.61 Å². The van der Waals surface area contributed by atoms with Gasteiger partial charge in [0.2, 0.25) is 0 Å². The van der Waals surface area contributed by atoms with Gasteiger partial charge in [-0.2, -0.15) is 0 Å². The van der Waals surface area contributed by atoms with E-state index >= 15 is 0 Å². The van der Waals surface area contributed by atoms with E-state index in [9.17, 15) is 5.11 Å². The lowest BCUT2D eigenvalue weighted by Crippen LogP contribution is -2.32. The normalized spacial score (nSPS) is 14.9. The first-order valence-corrected chi connectivity index (χ1v) is 5.33. The van der Waals surface area contributed by atoms with E-state index in [2.05, 4.69) is 19.2 Å². The first kappa shape index (κ1) is 12.0. The number of phenolic OH excluding ortho intramolecular Hbond substituents is 1. The van der Waals surface area contributed by atoms with Crippen LogP contribution < -0.4 is 5.32 Å². The summed E-state index contributed by atoms with van der Waals surface area (Å²) in [4.78, 5) is 0. The molecule has 0 aliphatic rings. The topological polar surface area (TPSA) is 52.5 Å². The molecule has 0 saturated carbocycles. The predicted molar refractivity (Wildman–Crippen MR) is 60.8 cm³/mol. The molecule has 84 valence electrons. The number of benzene rings is 1. The Labute approximate surface area is 90.8 Å². The monoisotopic (exact) mass is 209 g/mol. The number of rotatable bonds is 5. The Morgan fingerprint density at radius 3 is 2.33 bits per heavy atom. The van der Waals surface area contributed by atoms with Crippen LogP contribution in [0.2, 0.25) is 0 Å². The summed E-state index contributed by atoms with van der Waals surface area (Å²) in [6.45, 7) is 4.25. The highest BCUT2D eigenvalue weighted by atomic mass is 16.3. The van der Waals surface area contributed by atoms with Gasteiger partial charge in [-0.25, -0.2) is 0 Å². The van der Waals surface area contributed by atoms with Gasteiger partial charge in [0.25, 0.3) is 0 Å². The Hall–Kier alpha value is -1.06. The number of hydrogen-bond donors (Lipinski definition) is 3. The van der Waals surface area contributed by atoms with Crippen LogP contribution in [0.1, 0.15) is 31.9 Å². The fraction of sp³-hybridized carbons (Fsp3) is 0.500. The molecule has 3 nitrogen and oxygen atoms in total. The Balaban J connectivity index is 2.69. The van der Waals surface area contributed by atoms with Gasteiger partial charge in [0, 0.05) is 6.04 Å². The maximum atomic E-state index is 9.27. The van der Waals surface area contributed by atoms with Crippen LogP contribution in [0.15, 0.2) is 24.3 Å². The zero-order chi connectivity index (χ0) is 11.3. The van der Waals surface area contributed by atoms with E-state index in [0.29, 0.717) is 6.04 Å². The summed E-state index contributed by atoms with van der Waals surface area (Å²) in [5.74, 6) is 0.249. The van der Waals surface area contributed by atoms with Crippen LogP contribution in [0.3, 0.4) is 0 Å². The van der Waals surface area contributed by atoms with E-state index in [0.717, 1.165) is 12.0 Å². The minimum Gasteiger partial charge on any atom is -0.508 e. The Bertz CT molecular complexity index is 284. The van der Waals surface area contributed by atoms with Crippen LogP contribution in [0.25, 0.3) is 0 Å². The van der Waals surface area contributed by atoms with Gasteiger partial charge >= 0.3 is 0 Å². The molecule has 3 heteroatoms. The molecule has 0 heterocycles. The molecule has 0 fully saturated rings. The number of nitrogens with one attached hydrogen (secondary N) is 1. The van der Waals surface area contributed by atoms with E-state index in [-0.39, 0.29) is 18.4 Å². The summed E-state index contributed by atoms with van der Waals surface area (Å²) in [7, 11) is 0. The minimum absolute atomic E-state index is 0.0550. The fourth-order valence-electron chi connectivity index (χ4n) is 1.42. The van der Waals surface area contributed by atoms with E-state index in [1.54, 1.807) is 12.1 Å². The zero-order valence-electron chi connectivity index (χ0n) is 9.27. The molecule has 1 aromatic rings. The zero-order valence-corrected chi connectivity index (χ0v) is 9.27. The predicted octanol–water partition coefficient (Wildman–Crippen LogP) is 1.81. The largest absolute Gasteiger partial charge is 0.508 e. The van der Waals surface area contributed by atoms with Gasteiger partial charge in [0.15, 0.2) is 0 Å². The molecule has 2 unspecified atom stereocenters. The van der Waals surface area contributed by atoms with Crippen molar-refractivity contribution >= 4 is 0 Å². The van der Waals surface area contributed by atoms with Crippen molar-refractivity contribution in [1.82, 2.24) is 5.32 Å². The Morgan fingerprint density at radius 2 is 1.87 bits per heavy atom. The van der Waals surface area contributed by atoms with Crippen molar-refractivity contribution in [2.45, 2.75) is 32.4 Å². The molecule has 1 rings (SSSR count). The highest BCUT2D eigenvalue weighted by molar-refractivity contribution is 5.28. The summed E-state index contributed by atoms with van der Waals surface area (Å²) in [6, 6.07) is 7.24. The lowest BCUT2D eigenvalue weighted by Gasteiger charge is -2.21. The third-order valence-electron chi connectivity index (χ3n) is 2.58. The van der Waals surface area contributed by atoms with Crippen molar-refractivity contribution in [1.29, 1.82) is 0 Å². The Morgan fingerprint density at radius 1 is 1.27 bits per heavy atom. The van der Waals surface area contributed by atoms with Gasteiger partial charge in [-0.15, -0.1) is 0 Å². The third kappa shape index (κ3) is 3.53. The second-order valence-corrected chi connectivity index (χ2v) is 3.80. The van der Waals surface area contributed by atoms with Gasteiger partial charge in [-0.3, -0.25) is 0 Å². The van der Waals surface area contributed by atoms with Crippen LogP contribution in [-0.4, -0.2) is 22.9 Å². The van der Waals surface area contributed by atoms with E-state index < -0.39 is 0 Å². The molecule has 0 spiro atoms. The lowest BCUT2D eigenvalue weighted by molar-refractivity contribution is 0.234.